The Bertz CT molecular complexity index is 583. The molecule has 1 aromatic carbocycles. The standard InChI is InChI=1S/C10H6ClF2N3O2/c1-17-9-14-8(11)15-10(16-9)18-5-2-3-6(12)7(13)4-5/h2-4H,1H3. The third kappa shape index (κ3) is 2.80. The molecule has 0 aliphatic rings. The van der Waals surface area contributed by atoms with Crippen LogP contribution in [0.2, 0.25) is 5.28 Å². The van der Waals surface area contributed by atoms with Crippen LogP contribution in [-0.4, -0.2) is 22.1 Å². The molecule has 5 nitrogen and oxygen atoms in total. The zero-order valence-corrected chi connectivity index (χ0v) is 9.78. The lowest BCUT2D eigenvalue weighted by Gasteiger charge is -2.05. The summed E-state index contributed by atoms with van der Waals surface area (Å²) in [7, 11) is 1.34. The van der Waals surface area contributed by atoms with Gasteiger partial charge in [0.25, 0.3) is 0 Å². The van der Waals surface area contributed by atoms with E-state index < -0.39 is 11.6 Å². The molecular formula is C10H6ClF2N3O2. The average molecular weight is 274 g/mol. The van der Waals surface area contributed by atoms with E-state index in [1.54, 1.807) is 0 Å². The summed E-state index contributed by atoms with van der Waals surface area (Å²) in [6.07, 6.45) is 0. The number of methoxy groups -OCH3 is 1. The zero-order chi connectivity index (χ0) is 13.1. The Morgan fingerprint density at radius 1 is 1.06 bits per heavy atom. The van der Waals surface area contributed by atoms with E-state index in [0.29, 0.717) is 0 Å². The van der Waals surface area contributed by atoms with Gasteiger partial charge in [0.1, 0.15) is 5.75 Å². The largest absolute Gasteiger partial charge is 0.467 e. The Kier molecular flexibility index (Phi) is 3.52. The van der Waals surface area contributed by atoms with Gasteiger partial charge in [0.15, 0.2) is 11.6 Å². The minimum absolute atomic E-state index is 0.0261. The van der Waals surface area contributed by atoms with Gasteiger partial charge >= 0.3 is 12.0 Å². The zero-order valence-electron chi connectivity index (χ0n) is 9.02. The second-order valence-corrected chi connectivity index (χ2v) is 3.39. The van der Waals surface area contributed by atoms with Gasteiger partial charge in [-0.15, -0.1) is 4.98 Å². The van der Waals surface area contributed by atoms with Crippen LogP contribution in [0.25, 0.3) is 0 Å². The predicted molar refractivity (Wildman–Crippen MR) is 57.8 cm³/mol. The van der Waals surface area contributed by atoms with Crippen LogP contribution in [0.1, 0.15) is 0 Å². The maximum absolute atomic E-state index is 12.9. The minimum Gasteiger partial charge on any atom is -0.467 e. The molecule has 0 radical (unpaired) electrons. The molecule has 0 atom stereocenters. The molecule has 0 fully saturated rings. The fourth-order valence-electron chi connectivity index (χ4n) is 1.10. The van der Waals surface area contributed by atoms with Gasteiger partial charge in [-0.25, -0.2) is 8.78 Å². The van der Waals surface area contributed by atoms with E-state index in [0.717, 1.165) is 12.1 Å². The molecule has 2 aromatic rings. The molecule has 0 aliphatic carbocycles. The fraction of sp³-hybridized carbons (Fsp3) is 0.100. The molecule has 0 saturated carbocycles. The van der Waals surface area contributed by atoms with Crippen molar-refractivity contribution in [3.05, 3.63) is 35.1 Å². The van der Waals surface area contributed by atoms with Gasteiger partial charge < -0.3 is 9.47 Å². The van der Waals surface area contributed by atoms with Gasteiger partial charge in [-0.2, -0.15) is 9.97 Å². The Hall–Kier alpha value is -2.02. The number of hydrogen-bond acceptors (Lipinski definition) is 5. The summed E-state index contributed by atoms with van der Waals surface area (Å²) in [5.74, 6) is -1.99. The highest BCUT2D eigenvalue weighted by Crippen LogP contribution is 2.22. The SMILES string of the molecule is COc1nc(Cl)nc(Oc2ccc(F)c(F)c2)n1. The van der Waals surface area contributed by atoms with Crippen LogP contribution in [0.4, 0.5) is 8.78 Å². The van der Waals surface area contributed by atoms with E-state index in [1.165, 1.54) is 13.2 Å². The lowest BCUT2D eigenvalue weighted by molar-refractivity contribution is 0.358. The van der Waals surface area contributed by atoms with Crippen LogP contribution in [0.15, 0.2) is 18.2 Å². The fourth-order valence-corrected chi connectivity index (χ4v) is 1.24. The first-order valence-electron chi connectivity index (χ1n) is 4.67. The quantitative estimate of drug-likeness (QED) is 0.860. The summed E-state index contributed by atoms with van der Waals surface area (Å²) in [4.78, 5) is 11.0. The number of hydrogen-bond donors (Lipinski definition) is 0. The highest BCUT2D eigenvalue weighted by molar-refractivity contribution is 6.28. The van der Waals surface area contributed by atoms with E-state index in [1.807, 2.05) is 0 Å². The minimum atomic E-state index is -1.04. The van der Waals surface area contributed by atoms with Gasteiger partial charge in [0, 0.05) is 6.07 Å². The van der Waals surface area contributed by atoms with Crippen molar-refractivity contribution in [1.29, 1.82) is 0 Å². The third-order valence-electron chi connectivity index (χ3n) is 1.85. The van der Waals surface area contributed by atoms with Crippen molar-refractivity contribution in [2.24, 2.45) is 0 Å². The van der Waals surface area contributed by atoms with Crippen molar-refractivity contribution in [3.8, 4) is 17.8 Å². The second-order valence-electron chi connectivity index (χ2n) is 3.05. The Balaban J connectivity index is 2.27. The predicted octanol–water partition coefficient (Wildman–Crippen LogP) is 2.60. The molecule has 18 heavy (non-hydrogen) atoms. The van der Waals surface area contributed by atoms with E-state index in [9.17, 15) is 8.78 Å². The maximum Gasteiger partial charge on any atom is 0.329 e. The summed E-state index contributed by atoms with van der Waals surface area (Å²) in [6, 6.07) is 2.78. The van der Waals surface area contributed by atoms with E-state index >= 15 is 0 Å². The Morgan fingerprint density at radius 3 is 2.44 bits per heavy atom. The highest BCUT2D eigenvalue weighted by Gasteiger charge is 2.09. The van der Waals surface area contributed by atoms with Crippen LogP contribution in [0.3, 0.4) is 0 Å². The summed E-state index contributed by atoms with van der Waals surface area (Å²) >= 11 is 5.60. The molecular weight excluding hydrogens is 268 g/mol. The monoisotopic (exact) mass is 273 g/mol. The number of rotatable bonds is 3. The molecule has 8 heteroatoms. The molecule has 0 aliphatic heterocycles. The molecule has 0 unspecified atom stereocenters. The van der Waals surface area contributed by atoms with Crippen molar-refractivity contribution in [3.63, 3.8) is 0 Å². The molecule has 0 amide bonds. The summed E-state index contributed by atoms with van der Waals surface area (Å²) in [6.45, 7) is 0. The van der Waals surface area contributed by atoms with Crippen LogP contribution in [0, 0.1) is 11.6 Å². The molecule has 0 spiro atoms. The van der Waals surface area contributed by atoms with Crippen molar-refractivity contribution in [2.45, 2.75) is 0 Å². The average Bonchev–Trinajstić information content (AvgIpc) is 2.33. The number of nitrogens with zero attached hydrogens (tertiary/aromatic N) is 3. The van der Waals surface area contributed by atoms with E-state index in [2.05, 4.69) is 15.0 Å². The lowest BCUT2D eigenvalue weighted by Crippen LogP contribution is -1.99. The first kappa shape index (κ1) is 12.4. The molecule has 0 bridgehead atoms. The topological polar surface area (TPSA) is 57.1 Å². The van der Waals surface area contributed by atoms with Crippen molar-refractivity contribution >= 4 is 11.6 Å². The van der Waals surface area contributed by atoms with Gasteiger partial charge in [-0.05, 0) is 23.7 Å². The summed E-state index contributed by atoms with van der Waals surface area (Å²) < 4.78 is 35.5. The highest BCUT2D eigenvalue weighted by atomic mass is 35.5. The van der Waals surface area contributed by atoms with Gasteiger partial charge in [-0.1, -0.05) is 0 Å². The van der Waals surface area contributed by atoms with E-state index in [-0.39, 0.29) is 23.1 Å². The lowest BCUT2D eigenvalue weighted by atomic mass is 10.3. The molecule has 94 valence electrons. The molecule has 1 aromatic heterocycles. The van der Waals surface area contributed by atoms with Gasteiger partial charge in [-0.3, -0.25) is 0 Å². The molecule has 0 N–H and O–H groups in total. The summed E-state index contributed by atoms with van der Waals surface area (Å²) in [5.41, 5.74) is 0. The van der Waals surface area contributed by atoms with Crippen LogP contribution in [-0.2, 0) is 0 Å². The summed E-state index contributed by atoms with van der Waals surface area (Å²) in [5, 5.41) is -0.139. The van der Waals surface area contributed by atoms with Crippen molar-refractivity contribution in [1.82, 2.24) is 15.0 Å². The number of benzene rings is 1. The second kappa shape index (κ2) is 5.09. The first-order valence-corrected chi connectivity index (χ1v) is 5.05. The molecule has 2 rings (SSSR count). The van der Waals surface area contributed by atoms with Gasteiger partial charge in [0.05, 0.1) is 7.11 Å². The number of halogens is 3. The maximum atomic E-state index is 12.9. The molecule has 1 heterocycles. The van der Waals surface area contributed by atoms with E-state index in [4.69, 9.17) is 21.1 Å². The Labute approximate surface area is 105 Å². The van der Waals surface area contributed by atoms with Crippen LogP contribution < -0.4 is 9.47 Å². The van der Waals surface area contributed by atoms with Crippen molar-refractivity contribution < 1.29 is 18.3 Å². The van der Waals surface area contributed by atoms with Gasteiger partial charge in [0.2, 0.25) is 5.28 Å². The van der Waals surface area contributed by atoms with Crippen LogP contribution in [0.5, 0.6) is 17.8 Å². The number of ether oxygens (including phenoxy) is 2. The normalized spacial score (nSPS) is 10.2. The molecule has 0 saturated heterocycles. The Morgan fingerprint density at radius 2 is 1.78 bits per heavy atom. The number of aromatic nitrogens is 3. The third-order valence-corrected chi connectivity index (χ3v) is 2.02. The smallest absolute Gasteiger partial charge is 0.329 e. The van der Waals surface area contributed by atoms with Crippen molar-refractivity contribution in [2.75, 3.05) is 7.11 Å². The first-order chi connectivity index (χ1) is 8.58. The van der Waals surface area contributed by atoms with Crippen LogP contribution >= 0.6 is 11.6 Å².